The molecule has 0 aromatic carbocycles. The number of hydrogen-bond donors (Lipinski definition) is 2. The van der Waals surface area contributed by atoms with Crippen molar-refractivity contribution in [3.8, 4) is 11.8 Å². The smallest absolute Gasteiger partial charge is 0.270 e. The Labute approximate surface area is 119 Å². The van der Waals surface area contributed by atoms with Gasteiger partial charge in [0.1, 0.15) is 11.5 Å². The molecular weight excluding hydrogens is 277 g/mol. The molecule has 0 spiro atoms. The molecule has 2 aromatic heterocycles. The van der Waals surface area contributed by atoms with Crippen LogP contribution in [0.5, 0.6) is 0 Å². The Morgan fingerprint density at radius 3 is 3.00 bits per heavy atom. The molecule has 102 valence electrons. The highest BCUT2D eigenvalue weighted by Crippen LogP contribution is 2.15. The van der Waals surface area contributed by atoms with Gasteiger partial charge in [-0.25, -0.2) is 9.37 Å². The van der Waals surface area contributed by atoms with Crippen LogP contribution in [0.3, 0.4) is 0 Å². The van der Waals surface area contributed by atoms with Crippen molar-refractivity contribution in [2.45, 2.75) is 6.54 Å². The van der Waals surface area contributed by atoms with E-state index < -0.39 is 5.82 Å². The predicted octanol–water partition coefficient (Wildman–Crippen LogP) is 1.52. The van der Waals surface area contributed by atoms with Gasteiger partial charge in [0, 0.05) is 10.4 Å². The van der Waals surface area contributed by atoms with Crippen LogP contribution < -0.4 is 11.1 Å². The number of rotatable bonds is 3. The third-order valence-corrected chi connectivity index (χ3v) is 3.36. The molecule has 2 rings (SSSR count). The minimum atomic E-state index is -0.473. The van der Waals surface area contributed by atoms with Gasteiger partial charge in [0.2, 0.25) is 0 Å². The van der Waals surface area contributed by atoms with Crippen LogP contribution in [-0.2, 0) is 6.54 Å². The summed E-state index contributed by atoms with van der Waals surface area (Å²) in [6.45, 7) is 0.644. The van der Waals surface area contributed by atoms with E-state index in [2.05, 4.69) is 22.1 Å². The fourth-order valence-electron chi connectivity index (χ4n) is 1.50. The van der Waals surface area contributed by atoms with Gasteiger partial charge in [0.15, 0.2) is 0 Å². The Hall–Kier alpha value is -2.23. The van der Waals surface area contributed by atoms with Crippen molar-refractivity contribution in [3.63, 3.8) is 0 Å². The zero-order valence-corrected chi connectivity index (χ0v) is 11.3. The minimum absolute atomic E-state index is 0.178. The van der Waals surface area contributed by atoms with E-state index in [0.29, 0.717) is 13.1 Å². The van der Waals surface area contributed by atoms with E-state index in [-0.39, 0.29) is 11.6 Å². The molecule has 0 unspecified atom stereocenters. The Bertz CT molecular complexity index is 655. The van der Waals surface area contributed by atoms with Crippen LogP contribution in [-0.4, -0.2) is 17.4 Å². The predicted molar refractivity (Wildman–Crippen MR) is 75.6 cm³/mol. The molecule has 1 amide bonds. The number of carbonyl (C=O) groups excluding carboxylic acids is 1. The molecule has 3 N–H and O–H groups in total. The number of aromatic nitrogens is 1. The number of hydrogen-bond acceptors (Lipinski definition) is 4. The SMILES string of the molecule is NCC#Cc1ccsc1CNC(=O)c1ccc(F)cn1. The number of amides is 1. The van der Waals surface area contributed by atoms with Crippen molar-refractivity contribution in [3.05, 3.63) is 51.7 Å². The van der Waals surface area contributed by atoms with Crippen molar-refractivity contribution in [1.29, 1.82) is 0 Å². The molecule has 0 saturated heterocycles. The zero-order chi connectivity index (χ0) is 14.4. The summed E-state index contributed by atoms with van der Waals surface area (Å²) in [6.07, 6.45) is 1.01. The van der Waals surface area contributed by atoms with Crippen molar-refractivity contribution in [1.82, 2.24) is 10.3 Å². The fraction of sp³-hybridized carbons (Fsp3) is 0.143. The summed E-state index contributed by atoms with van der Waals surface area (Å²) in [5, 5.41) is 4.63. The summed E-state index contributed by atoms with van der Waals surface area (Å²) in [5.74, 6) is 4.89. The average molecular weight is 289 g/mol. The largest absolute Gasteiger partial charge is 0.346 e. The number of halogens is 1. The minimum Gasteiger partial charge on any atom is -0.346 e. The summed E-state index contributed by atoms with van der Waals surface area (Å²) in [7, 11) is 0. The molecule has 4 nitrogen and oxygen atoms in total. The second kappa shape index (κ2) is 6.80. The van der Waals surface area contributed by atoms with E-state index in [0.717, 1.165) is 16.6 Å². The second-order valence-electron chi connectivity index (χ2n) is 3.81. The van der Waals surface area contributed by atoms with Gasteiger partial charge < -0.3 is 11.1 Å². The van der Waals surface area contributed by atoms with Crippen molar-refractivity contribution < 1.29 is 9.18 Å². The molecule has 0 bridgehead atoms. The molecule has 20 heavy (non-hydrogen) atoms. The molecule has 0 radical (unpaired) electrons. The lowest BCUT2D eigenvalue weighted by molar-refractivity contribution is 0.0946. The van der Waals surface area contributed by atoms with Gasteiger partial charge in [0.25, 0.3) is 5.91 Å². The molecule has 0 aliphatic heterocycles. The van der Waals surface area contributed by atoms with Gasteiger partial charge in [-0.05, 0) is 23.6 Å². The van der Waals surface area contributed by atoms with E-state index in [4.69, 9.17) is 5.73 Å². The van der Waals surface area contributed by atoms with Crippen molar-refractivity contribution in [2.24, 2.45) is 5.73 Å². The highest BCUT2D eigenvalue weighted by atomic mass is 32.1. The lowest BCUT2D eigenvalue weighted by atomic mass is 10.2. The number of thiophene rings is 1. The second-order valence-corrected chi connectivity index (χ2v) is 4.81. The first-order valence-electron chi connectivity index (χ1n) is 5.86. The van der Waals surface area contributed by atoms with Gasteiger partial charge >= 0.3 is 0 Å². The molecule has 6 heteroatoms. The van der Waals surface area contributed by atoms with Gasteiger partial charge in [-0.1, -0.05) is 11.8 Å². The van der Waals surface area contributed by atoms with Crippen molar-refractivity contribution >= 4 is 17.2 Å². The number of nitrogens with one attached hydrogen (secondary N) is 1. The Morgan fingerprint density at radius 1 is 1.45 bits per heavy atom. The molecular formula is C14H12FN3OS. The lowest BCUT2D eigenvalue weighted by Gasteiger charge is -2.03. The van der Waals surface area contributed by atoms with Gasteiger partial charge in [-0.3, -0.25) is 4.79 Å². The zero-order valence-electron chi connectivity index (χ0n) is 10.5. The van der Waals surface area contributed by atoms with E-state index in [9.17, 15) is 9.18 Å². The van der Waals surface area contributed by atoms with E-state index >= 15 is 0 Å². The first-order valence-corrected chi connectivity index (χ1v) is 6.73. The van der Waals surface area contributed by atoms with Crippen LogP contribution in [0.2, 0.25) is 0 Å². The first kappa shape index (κ1) is 14.2. The highest BCUT2D eigenvalue weighted by molar-refractivity contribution is 7.10. The normalized spacial score (nSPS) is 9.70. The average Bonchev–Trinajstić information content (AvgIpc) is 2.90. The summed E-state index contributed by atoms with van der Waals surface area (Å²) >= 11 is 1.50. The Morgan fingerprint density at radius 2 is 2.30 bits per heavy atom. The topological polar surface area (TPSA) is 68.0 Å². The summed E-state index contributed by atoms with van der Waals surface area (Å²) in [6, 6.07) is 4.42. The van der Waals surface area contributed by atoms with Crippen LogP contribution >= 0.6 is 11.3 Å². The van der Waals surface area contributed by atoms with E-state index in [1.165, 1.54) is 23.5 Å². The van der Waals surface area contributed by atoms with Crippen LogP contribution in [0.1, 0.15) is 20.9 Å². The molecule has 0 saturated carbocycles. The molecule has 0 fully saturated rings. The molecule has 2 heterocycles. The van der Waals surface area contributed by atoms with Gasteiger partial charge in [-0.2, -0.15) is 0 Å². The first-order chi connectivity index (χ1) is 9.70. The number of nitrogens with two attached hydrogens (primary N) is 1. The van der Waals surface area contributed by atoms with Crippen LogP contribution in [0, 0.1) is 17.7 Å². The number of pyridine rings is 1. The Kier molecular flexibility index (Phi) is 4.82. The maximum Gasteiger partial charge on any atom is 0.270 e. The third kappa shape index (κ3) is 3.63. The van der Waals surface area contributed by atoms with Crippen LogP contribution in [0.15, 0.2) is 29.8 Å². The monoisotopic (exact) mass is 289 g/mol. The third-order valence-electron chi connectivity index (χ3n) is 2.44. The number of carbonyl (C=O) groups is 1. The van der Waals surface area contributed by atoms with Gasteiger partial charge in [-0.15, -0.1) is 11.3 Å². The highest BCUT2D eigenvalue weighted by Gasteiger charge is 2.08. The maximum absolute atomic E-state index is 12.7. The van der Waals surface area contributed by atoms with Crippen LogP contribution in [0.25, 0.3) is 0 Å². The van der Waals surface area contributed by atoms with E-state index in [1.807, 2.05) is 11.4 Å². The summed E-state index contributed by atoms with van der Waals surface area (Å²) < 4.78 is 12.7. The van der Waals surface area contributed by atoms with Crippen LogP contribution in [0.4, 0.5) is 4.39 Å². The lowest BCUT2D eigenvalue weighted by Crippen LogP contribution is -2.23. The van der Waals surface area contributed by atoms with E-state index in [1.54, 1.807) is 0 Å². The molecule has 0 atom stereocenters. The van der Waals surface area contributed by atoms with Crippen molar-refractivity contribution in [2.75, 3.05) is 6.54 Å². The standard InChI is InChI=1S/C14H12FN3OS/c15-11-3-4-12(17-8-11)14(19)18-9-13-10(2-1-6-16)5-7-20-13/h3-5,7-8H,6,9,16H2,(H,18,19). The maximum atomic E-state index is 12.7. The molecule has 2 aromatic rings. The molecule has 0 aliphatic rings. The molecule has 0 aliphatic carbocycles. The fourth-order valence-corrected chi connectivity index (χ4v) is 2.27. The summed E-state index contributed by atoms with van der Waals surface area (Å²) in [5.41, 5.74) is 6.36. The summed E-state index contributed by atoms with van der Waals surface area (Å²) in [4.78, 5) is 16.5. The number of nitrogens with zero attached hydrogens (tertiary/aromatic N) is 1. The van der Waals surface area contributed by atoms with Gasteiger partial charge in [0.05, 0.1) is 19.3 Å². The Balaban J connectivity index is 2.00. The quantitative estimate of drug-likeness (QED) is 0.842.